The molecule has 0 fully saturated rings. The number of para-hydroxylation sites is 2. The number of carbonyl (C=O) groups excluding carboxylic acids is 2. The third-order valence-corrected chi connectivity index (χ3v) is 5.10. The van der Waals surface area contributed by atoms with E-state index < -0.39 is 6.61 Å². The van der Waals surface area contributed by atoms with Crippen LogP contribution in [0.5, 0.6) is 28.7 Å². The summed E-state index contributed by atoms with van der Waals surface area (Å²) in [5.74, 6) is 0.353. The molecule has 0 atom stereocenters. The number of halogens is 2. The first kappa shape index (κ1) is 28.0. The third-order valence-electron chi connectivity index (χ3n) is 5.10. The fourth-order valence-corrected chi connectivity index (χ4v) is 3.38. The summed E-state index contributed by atoms with van der Waals surface area (Å²) in [6.07, 6.45) is 2.90. The van der Waals surface area contributed by atoms with Gasteiger partial charge in [0, 0.05) is 5.56 Å². The lowest BCUT2D eigenvalue weighted by molar-refractivity contribution is -0.118. The zero-order valence-corrected chi connectivity index (χ0v) is 21.0. The molecule has 0 saturated heterocycles. The van der Waals surface area contributed by atoms with Gasteiger partial charge in [0.15, 0.2) is 35.4 Å². The van der Waals surface area contributed by atoms with Gasteiger partial charge in [0.25, 0.3) is 5.91 Å². The number of benzene rings is 3. The van der Waals surface area contributed by atoms with E-state index in [-0.39, 0.29) is 35.4 Å². The summed E-state index contributed by atoms with van der Waals surface area (Å²) in [7, 11) is 2.80. The summed E-state index contributed by atoms with van der Waals surface area (Å²) < 4.78 is 51.0. The average Bonchev–Trinajstić information content (AvgIpc) is 2.91. The van der Waals surface area contributed by atoms with Crippen molar-refractivity contribution in [1.29, 1.82) is 0 Å². The molecular weight excluding hydrogens is 500 g/mol. The molecule has 1 N–H and O–H groups in total. The molecule has 0 bridgehead atoms. The van der Waals surface area contributed by atoms with E-state index in [1.165, 1.54) is 38.5 Å². The van der Waals surface area contributed by atoms with Crippen LogP contribution in [-0.2, 0) is 4.79 Å². The van der Waals surface area contributed by atoms with Crippen molar-refractivity contribution in [1.82, 2.24) is 0 Å². The lowest BCUT2D eigenvalue weighted by Gasteiger charge is -2.13. The normalized spacial score (nSPS) is 10.8. The van der Waals surface area contributed by atoms with Crippen LogP contribution in [0.4, 0.5) is 14.5 Å². The van der Waals surface area contributed by atoms with Gasteiger partial charge in [-0.15, -0.1) is 0 Å². The quantitative estimate of drug-likeness (QED) is 0.228. The minimum Gasteiger partial charge on any atom is -0.495 e. The Labute approximate surface area is 218 Å². The number of anilines is 1. The van der Waals surface area contributed by atoms with E-state index in [4.69, 9.17) is 18.9 Å². The number of hydrogen-bond donors (Lipinski definition) is 1. The predicted molar refractivity (Wildman–Crippen MR) is 138 cm³/mol. The summed E-state index contributed by atoms with van der Waals surface area (Å²) >= 11 is 0. The van der Waals surface area contributed by atoms with Gasteiger partial charge in [-0.25, -0.2) is 0 Å². The van der Waals surface area contributed by atoms with Crippen LogP contribution >= 0.6 is 0 Å². The molecule has 0 radical (unpaired) electrons. The van der Waals surface area contributed by atoms with Gasteiger partial charge in [-0.05, 0) is 61.0 Å². The first-order valence-electron chi connectivity index (χ1n) is 11.5. The van der Waals surface area contributed by atoms with E-state index >= 15 is 0 Å². The second kappa shape index (κ2) is 13.6. The topological polar surface area (TPSA) is 92.3 Å². The second-order valence-electron chi connectivity index (χ2n) is 7.62. The highest BCUT2D eigenvalue weighted by atomic mass is 19.3. The van der Waals surface area contributed by atoms with Gasteiger partial charge < -0.3 is 29.0 Å². The van der Waals surface area contributed by atoms with E-state index in [9.17, 15) is 18.4 Å². The SMILES string of the molecule is CCOc1cc(/C=C/C(=O)c2ccc(OC(F)F)c(OC)c2)ccc1OCC(=O)Nc1ccccc1OC. The maximum atomic E-state index is 12.6. The number of methoxy groups -OCH3 is 2. The van der Waals surface area contributed by atoms with Gasteiger partial charge in [0.1, 0.15) is 5.75 Å². The second-order valence-corrected chi connectivity index (χ2v) is 7.62. The number of ether oxygens (including phenoxy) is 5. The number of alkyl halides is 2. The van der Waals surface area contributed by atoms with E-state index in [2.05, 4.69) is 10.1 Å². The summed E-state index contributed by atoms with van der Waals surface area (Å²) in [5.41, 5.74) is 1.38. The number of nitrogens with one attached hydrogen (secondary N) is 1. The zero-order valence-electron chi connectivity index (χ0n) is 21.0. The molecule has 3 aromatic carbocycles. The molecule has 0 unspecified atom stereocenters. The van der Waals surface area contributed by atoms with E-state index in [0.717, 1.165) is 0 Å². The van der Waals surface area contributed by atoms with Crippen molar-refractivity contribution >= 4 is 23.5 Å². The van der Waals surface area contributed by atoms with Crippen molar-refractivity contribution in [3.8, 4) is 28.7 Å². The molecule has 0 spiro atoms. The molecule has 0 aliphatic carbocycles. The monoisotopic (exact) mass is 527 g/mol. The number of ketones is 1. The summed E-state index contributed by atoms with van der Waals surface area (Å²) in [6.45, 7) is -1.13. The molecule has 10 heteroatoms. The largest absolute Gasteiger partial charge is 0.495 e. The van der Waals surface area contributed by atoms with Crippen LogP contribution in [0.3, 0.4) is 0 Å². The minimum absolute atomic E-state index is 0.0134. The fraction of sp³-hybridized carbons (Fsp3) is 0.214. The van der Waals surface area contributed by atoms with E-state index in [1.807, 2.05) is 0 Å². The van der Waals surface area contributed by atoms with Crippen LogP contribution in [0.25, 0.3) is 6.08 Å². The highest BCUT2D eigenvalue weighted by Crippen LogP contribution is 2.31. The maximum absolute atomic E-state index is 12.6. The average molecular weight is 528 g/mol. The first-order valence-corrected chi connectivity index (χ1v) is 11.5. The van der Waals surface area contributed by atoms with Crippen LogP contribution in [0.1, 0.15) is 22.8 Å². The van der Waals surface area contributed by atoms with Gasteiger partial charge in [-0.1, -0.05) is 24.3 Å². The summed E-state index contributed by atoms with van der Waals surface area (Å²) in [6, 6.07) is 15.9. The predicted octanol–water partition coefficient (Wildman–Crippen LogP) is 5.62. The standard InChI is InChI=1S/C28H27F2NO7/c1-4-36-26-15-18(9-12-21(32)19-11-14-24(38-28(29)30)25(16-19)35-3)10-13-23(26)37-17-27(33)31-20-7-5-6-8-22(20)34-2/h5-16,28H,4,17H2,1-3H3,(H,31,33)/b12-9+. The molecular formula is C28H27F2NO7. The third kappa shape index (κ3) is 7.70. The number of hydrogen-bond acceptors (Lipinski definition) is 7. The Morgan fingerprint density at radius 2 is 1.61 bits per heavy atom. The van der Waals surface area contributed by atoms with Crippen molar-refractivity contribution < 1.29 is 42.1 Å². The summed E-state index contributed by atoms with van der Waals surface area (Å²) in [4.78, 5) is 25.0. The highest BCUT2D eigenvalue weighted by molar-refractivity contribution is 6.07. The number of amides is 1. The van der Waals surface area contributed by atoms with Gasteiger partial charge in [0.2, 0.25) is 0 Å². The smallest absolute Gasteiger partial charge is 0.387 e. The molecule has 0 saturated carbocycles. The molecule has 3 aromatic rings. The molecule has 200 valence electrons. The molecule has 8 nitrogen and oxygen atoms in total. The number of rotatable bonds is 13. The number of carbonyl (C=O) groups is 2. The lowest BCUT2D eigenvalue weighted by Crippen LogP contribution is -2.20. The van der Waals surface area contributed by atoms with Crippen molar-refractivity contribution in [3.05, 3.63) is 77.9 Å². The van der Waals surface area contributed by atoms with Crippen LogP contribution in [0.2, 0.25) is 0 Å². The van der Waals surface area contributed by atoms with Gasteiger partial charge in [0.05, 0.1) is 26.5 Å². The Balaban J connectivity index is 1.68. The summed E-state index contributed by atoms with van der Waals surface area (Å²) in [5, 5.41) is 2.73. The fourth-order valence-electron chi connectivity index (χ4n) is 3.38. The zero-order chi connectivity index (χ0) is 27.5. The van der Waals surface area contributed by atoms with E-state index in [1.54, 1.807) is 55.5 Å². The van der Waals surface area contributed by atoms with Crippen LogP contribution in [0, 0.1) is 0 Å². The number of allylic oxidation sites excluding steroid dienone is 1. The van der Waals surface area contributed by atoms with E-state index in [0.29, 0.717) is 35.1 Å². The van der Waals surface area contributed by atoms with Crippen LogP contribution < -0.4 is 29.0 Å². The molecule has 0 aliphatic heterocycles. The van der Waals surface area contributed by atoms with Crippen molar-refractivity contribution in [2.45, 2.75) is 13.5 Å². The first-order chi connectivity index (χ1) is 18.3. The van der Waals surface area contributed by atoms with Crippen molar-refractivity contribution in [2.24, 2.45) is 0 Å². The molecule has 0 heterocycles. The highest BCUT2D eigenvalue weighted by Gasteiger charge is 2.14. The molecule has 0 aromatic heterocycles. The minimum atomic E-state index is -3.02. The Kier molecular flexibility index (Phi) is 10.0. The van der Waals surface area contributed by atoms with Crippen LogP contribution in [-0.4, -0.2) is 45.7 Å². The van der Waals surface area contributed by atoms with Crippen molar-refractivity contribution in [3.63, 3.8) is 0 Å². The molecule has 1 amide bonds. The molecule has 3 rings (SSSR count). The Hall–Kier alpha value is -4.60. The van der Waals surface area contributed by atoms with Crippen molar-refractivity contribution in [2.75, 3.05) is 32.8 Å². The van der Waals surface area contributed by atoms with Gasteiger partial charge >= 0.3 is 6.61 Å². The van der Waals surface area contributed by atoms with Gasteiger partial charge in [-0.2, -0.15) is 8.78 Å². The Morgan fingerprint density at radius 1 is 0.868 bits per heavy atom. The van der Waals surface area contributed by atoms with Gasteiger partial charge in [-0.3, -0.25) is 9.59 Å². The maximum Gasteiger partial charge on any atom is 0.387 e. The van der Waals surface area contributed by atoms with Crippen LogP contribution in [0.15, 0.2) is 66.7 Å². The lowest BCUT2D eigenvalue weighted by atomic mass is 10.1. The molecule has 0 aliphatic rings. The molecule has 38 heavy (non-hydrogen) atoms. The Bertz CT molecular complexity index is 1290. The Morgan fingerprint density at radius 3 is 2.32 bits per heavy atom.